The fourth-order valence-corrected chi connectivity index (χ4v) is 3.28. The van der Waals surface area contributed by atoms with Crippen LogP contribution in [0.5, 0.6) is 0 Å². The third kappa shape index (κ3) is 4.43. The van der Waals surface area contributed by atoms with Crippen LogP contribution in [0.4, 0.5) is 0 Å². The smallest absolute Gasteiger partial charge is 0.244 e. The van der Waals surface area contributed by atoms with Gasteiger partial charge in [-0.15, -0.1) is 0 Å². The van der Waals surface area contributed by atoms with Crippen LogP contribution in [0.15, 0.2) is 43.0 Å². The summed E-state index contributed by atoms with van der Waals surface area (Å²) in [6, 6.07) is 9.81. The van der Waals surface area contributed by atoms with Crippen LogP contribution in [0.1, 0.15) is 24.9 Å². The van der Waals surface area contributed by atoms with Crippen molar-refractivity contribution in [2.75, 3.05) is 19.7 Å². The van der Waals surface area contributed by atoms with E-state index in [2.05, 4.69) is 32.4 Å². The van der Waals surface area contributed by atoms with Gasteiger partial charge in [0.15, 0.2) is 0 Å². The van der Waals surface area contributed by atoms with Crippen LogP contribution in [0.3, 0.4) is 0 Å². The number of amides is 1. The summed E-state index contributed by atoms with van der Waals surface area (Å²) in [6.07, 6.45) is 3.82. The summed E-state index contributed by atoms with van der Waals surface area (Å²) in [7, 11) is 0. The van der Waals surface area contributed by atoms with E-state index in [9.17, 15) is 9.90 Å². The molecule has 3 unspecified atom stereocenters. The number of carbonyl (C=O) groups is 1. The van der Waals surface area contributed by atoms with E-state index in [1.54, 1.807) is 6.92 Å². The number of aliphatic hydroxyl groups excluding tert-OH is 1. The summed E-state index contributed by atoms with van der Waals surface area (Å²) in [5.74, 6) is -0.0190. The van der Waals surface area contributed by atoms with Gasteiger partial charge in [0.2, 0.25) is 5.91 Å². The van der Waals surface area contributed by atoms with E-state index in [0.717, 1.165) is 26.1 Å². The predicted molar refractivity (Wildman–Crippen MR) is 93.6 cm³/mol. The lowest BCUT2D eigenvalue weighted by atomic mass is 9.91. The Labute approximate surface area is 147 Å². The molecule has 1 aliphatic heterocycles. The monoisotopic (exact) mass is 343 g/mol. The molecule has 2 aromatic rings. The normalized spacial score (nSPS) is 22.5. The van der Waals surface area contributed by atoms with E-state index in [0.29, 0.717) is 0 Å². The molecule has 7 nitrogen and oxygen atoms in total. The molecule has 1 aliphatic rings. The van der Waals surface area contributed by atoms with Crippen LogP contribution in [0, 0.1) is 5.92 Å². The number of aliphatic hydroxyl groups is 1. The highest BCUT2D eigenvalue weighted by molar-refractivity contribution is 5.80. The minimum atomic E-state index is -0.425. The van der Waals surface area contributed by atoms with Gasteiger partial charge in [-0.3, -0.25) is 9.69 Å². The van der Waals surface area contributed by atoms with Crippen molar-refractivity contribution in [2.45, 2.75) is 32.0 Å². The maximum atomic E-state index is 12.5. The van der Waals surface area contributed by atoms with Gasteiger partial charge in [-0.25, -0.2) is 9.67 Å². The van der Waals surface area contributed by atoms with Crippen molar-refractivity contribution >= 4 is 5.91 Å². The molecular formula is C18H25N5O2. The fraction of sp³-hybridized carbons (Fsp3) is 0.500. The number of nitrogens with one attached hydrogen (secondary N) is 1. The van der Waals surface area contributed by atoms with Crippen molar-refractivity contribution in [1.29, 1.82) is 0 Å². The molecule has 1 amide bonds. The fourth-order valence-electron chi connectivity index (χ4n) is 3.28. The summed E-state index contributed by atoms with van der Waals surface area (Å²) in [5, 5.41) is 16.8. The van der Waals surface area contributed by atoms with Crippen LogP contribution in [0.2, 0.25) is 0 Å². The molecule has 0 spiro atoms. The molecule has 1 fully saturated rings. The molecule has 1 aromatic carbocycles. The SMILES string of the molecule is CC(C(=O)NC1CN(Cc2ccccc2)CCC1CO)n1cncn1. The molecule has 134 valence electrons. The van der Waals surface area contributed by atoms with Gasteiger partial charge in [0, 0.05) is 31.7 Å². The molecule has 3 atom stereocenters. The Morgan fingerprint density at radius 2 is 2.20 bits per heavy atom. The van der Waals surface area contributed by atoms with Crippen LogP contribution < -0.4 is 5.32 Å². The zero-order valence-electron chi connectivity index (χ0n) is 14.5. The Morgan fingerprint density at radius 1 is 1.40 bits per heavy atom. The zero-order valence-corrected chi connectivity index (χ0v) is 14.5. The van der Waals surface area contributed by atoms with E-state index in [4.69, 9.17) is 0 Å². The van der Waals surface area contributed by atoms with Gasteiger partial charge in [0.1, 0.15) is 18.7 Å². The van der Waals surface area contributed by atoms with E-state index >= 15 is 0 Å². The molecule has 2 heterocycles. The number of hydrogen-bond donors (Lipinski definition) is 2. The van der Waals surface area contributed by atoms with E-state index < -0.39 is 6.04 Å². The highest BCUT2D eigenvalue weighted by Crippen LogP contribution is 2.20. The number of hydrogen-bond acceptors (Lipinski definition) is 5. The average Bonchev–Trinajstić information content (AvgIpc) is 3.17. The zero-order chi connectivity index (χ0) is 17.6. The first-order valence-corrected chi connectivity index (χ1v) is 8.69. The molecule has 0 saturated carbocycles. The van der Waals surface area contributed by atoms with Gasteiger partial charge < -0.3 is 10.4 Å². The van der Waals surface area contributed by atoms with Crippen LogP contribution >= 0.6 is 0 Å². The highest BCUT2D eigenvalue weighted by atomic mass is 16.3. The summed E-state index contributed by atoms with van der Waals surface area (Å²) < 4.78 is 1.54. The molecule has 0 radical (unpaired) electrons. The standard InChI is InChI=1S/C18H25N5O2/c1-14(23-13-19-12-20-23)18(25)21-17-10-22(8-7-16(17)11-24)9-15-5-3-2-4-6-15/h2-6,12-14,16-17,24H,7-11H2,1H3,(H,21,25). The summed E-state index contributed by atoms with van der Waals surface area (Å²) in [4.78, 5) is 18.7. The predicted octanol–water partition coefficient (Wildman–Crippen LogP) is 0.838. The van der Waals surface area contributed by atoms with Gasteiger partial charge >= 0.3 is 0 Å². The second kappa shape index (κ2) is 8.22. The minimum Gasteiger partial charge on any atom is -0.396 e. The second-order valence-corrected chi connectivity index (χ2v) is 6.62. The molecule has 0 aliphatic carbocycles. The number of piperidine rings is 1. The van der Waals surface area contributed by atoms with Crippen LogP contribution in [-0.4, -0.2) is 56.4 Å². The second-order valence-electron chi connectivity index (χ2n) is 6.62. The Hall–Kier alpha value is -2.25. The Balaban J connectivity index is 1.62. The van der Waals surface area contributed by atoms with Gasteiger partial charge in [-0.2, -0.15) is 5.10 Å². The van der Waals surface area contributed by atoms with Crippen LogP contribution in [0.25, 0.3) is 0 Å². The summed E-state index contributed by atoms with van der Waals surface area (Å²) >= 11 is 0. The maximum Gasteiger partial charge on any atom is 0.244 e. The molecule has 25 heavy (non-hydrogen) atoms. The van der Waals surface area contributed by atoms with Gasteiger partial charge in [-0.1, -0.05) is 30.3 Å². The van der Waals surface area contributed by atoms with Gasteiger partial charge in [0.25, 0.3) is 0 Å². The number of likely N-dealkylation sites (tertiary alicyclic amines) is 1. The number of rotatable bonds is 6. The van der Waals surface area contributed by atoms with Gasteiger partial charge in [-0.05, 0) is 25.5 Å². The average molecular weight is 343 g/mol. The van der Waals surface area contributed by atoms with E-state index in [1.165, 1.54) is 22.9 Å². The molecule has 1 saturated heterocycles. The third-order valence-electron chi connectivity index (χ3n) is 4.86. The van der Waals surface area contributed by atoms with E-state index in [-0.39, 0.29) is 24.5 Å². The maximum absolute atomic E-state index is 12.5. The van der Waals surface area contributed by atoms with E-state index in [1.807, 2.05) is 18.2 Å². The van der Waals surface area contributed by atoms with Crippen molar-refractivity contribution < 1.29 is 9.90 Å². The lowest BCUT2D eigenvalue weighted by Gasteiger charge is -2.38. The molecular weight excluding hydrogens is 318 g/mol. The van der Waals surface area contributed by atoms with Crippen LogP contribution in [-0.2, 0) is 11.3 Å². The molecule has 2 N–H and O–H groups in total. The number of benzene rings is 1. The molecule has 0 bridgehead atoms. The molecule has 7 heteroatoms. The largest absolute Gasteiger partial charge is 0.396 e. The van der Waals surface area contributed by atoms with Crippen molar-refractivity contribution in [3.8, 4) is 0 Å². The summed E-state index contributed by atoms with van der Waals surface area (Å²) in [6.45, 7) is 4.38. The third-order valence-corrected chi connectivity index (χ3v) is 4.86. The highest BCUT2D eigenvalue weighted by Gasteiger charge is 2.31. The first-order chi connectivity index (χ1) is 12.2. The topological polar surface area (TPSA) is 83.3 Å². The lowest BCUT2D eigenvalue weighted by Crippen LogP contribution is -2.54. The number of nitrogens with zero attached hydrogens (tertiary/aromatic N) is 4. The Bertz CT molecular complexity index is 661. The first kappa shape index (κ1) is 17.6. The van der Waals surface area contributed by atoms with Crippen molar-refractivity contribution in [3.05, 3.63) is 48.5 Å². The Morgan fingerprint density at radius 3 is 2.88 bits per heavy atom. The number of carbonyl (C=O) groups excluding carboxylic acids is 1. The van der Waals surface area contributed by atoms with Crippen molar-refractivity contribution in [3.63, 3.8) is 0 Å². The first-order valence-electron chi connectivity index (χ1n) is 8.69. The van der Waals surface area contributed by atoms with Crippen molar-refractivity contribution in [2.24, 2.45) is 5.92 Å². The van der Waals surface area contributed by atoms with Gasteiger partial charge in [0.05, 0.1) is 0 Å². The summed E-state index contributed by atoms with van der Waals surface area (Å²) in [5.41, 5.74) is 1.26. The quantitative estimate of drug-likeness (QED) is 0.812. The Kier molecular flexibility index (Phi) is 5.78. The minimum absolute atomic E-state index is 0.0686. The molecule has 3 rings (SSSR count). The van der Waals surface area contributed by atoms with Crippen molar-refractivity contribution in [1.82, 2.24) is 25.0 Å². The number of aromatic nitrogens is 3. The molecule has 1 aromatic heterocycles. The lowest BCUT2D eigenvalue weighted by molar-refractivity contribution is -0.125.